The van der Waals surface area contributed by atoms with Crippen molar-refractivity contribution in [2.45, 2.75) is 24.7 Å². The fraction of sp³-hybridized carbons (Fsp3) is 0.500. The first kappa shape index (κ1) is 18.4. The molecule has 1 heterocycles. The highest BCUT2D eigenvalue weighted by Crippen LogP contribution is 2.31. The van der Waals surface area contributed by atoms with Gasteiger partial charge in [-0.1, -0.05) is 13.3 Å². The zero-order valence-corrected chi connectivity index (χ0v) is 14.5. The minimum Gasteiger partial charge on any atom is -0.481 e. The molecular weight excluding hydrogens is 332 g/mol. The van der Waals surface area contributed by atoms with Crippen molar-refractivity contribution in [2.75, 3.05) is 20.1 Å². The Balaban J connectivity index is 2.24. The quantitative estimate of drug-likeness (QED) is 0.798. The fourth-order valence-corrected chi connectivity index (χ4v) is 4.57. The van der Waals surface area contributed by atoms with Crippen molar-refractivity contribution in [1.82, 2.24) is 9.62 Å². The topological polar surface area (TPSA) is 104 Å². The molecule has 0 unspecified atom stereocenters. The van der Waals surface area contributed by atoms with Crippen LogP contribution in [-0.4, -0.2) is 49.8 Å². The molecule has 0 aliphatic carbocycles. The lowest BCUT2D eigenvalue weighted by atomic mass is 9.92. The monoisotopic (exact) mass is 354 g/mol. The molecule has 0 aromatic heterocycles. The van der Waals surface area contributed by atoms with E-state index in [2.05, 4.69) is 5.32 Å². The lowest BCUT2D eigenvalue weighted by molar-refractivity contribution is -0.142. The summed E-state index contributed by atoms with van der Waals surface area (Å²) in [4.78, 5) is 23.0. The zero-order chi connectivity index (χ0) is 17.9. The molecule has 0 saturated carbocycles. The van der Waals surface area contributed by atoms with E-state index in [-0.39, 0.29) is 29.8 Å². The summed E-state index contributed by atoms with van der Waals surface area (Å²) in [5.41, 5.74) is 0.366. The van der Waals surface area contributed by atoms with Crippen LogP contribution in [-0.2, 0) is 14.8 Å². The molecule has 2 rings (SSSR count). The number of aliphatic carboxylic acids is 1. The van der Waals surface area contributed by atoms with Gasteiger partial charge in [0.2, 0.25) is 10.0 Å². The van der Waals surface area contributed by atoms with Crippen LogP contribution in [0, 0.1) is 11.8 Å². The van der Waals surface area contributed by atoms with Gasteiger partial charge in [0.05, 0.1) is 10.8 Å². The molecule has 1 aliphatic rings. The third-order valence-corrected chi connectivity index (χ3v) is 6.21. The Morgan fingerprint density at radius 2 is 1.88 bits per heavy atom. The van der Waals surface area contributed by atoms with E-state index >= 15 is 0 Å². The lowest BCUT2D eigenvalue weighted by Crippen LogP contribution is -2.30. The summed E-state index contributed by atoms with van der Waals surface area (Å²) in [5, 5.41) is 11.8. The van der Waals surface area contributed by atoms with E-state index in [1.165, 1.54) is 35.6 Å². The zero-order valence-electron chi connectivity index (χ0n) is 13.7. The number of nitrogens with zero attached hydrogens (tertiary/aromatic N) is 1. The van der Waals surface area contributed by atoms with Crippen molar-refractivity contribution in [3.63, 3.8) is 0 Å². The van der Waals surface area contributed by atoms with Gasteiger partial charge in [-0.25, -0.2) is 8.42 Å². The molecule has 1 aromatic rings. The second-order valence-corrected chi connectivity index (χ2v) is 7.86. The summed E-state index contributed by atoms with van der Waals surface area (Å²) < 4.78 is 26.7. The van der Waals surface area contributed by atoms with Gasteiger partial charge in [-0.3, -0.25) is 9.59 Å². The molecule has 0 radical (unpaired) electrons. The van der Waals surface area contributed by atoms with Crippen LogP contribution in [0.2, 0.25) is 0 Å². The number of rotatable bonds is 6. The van der Waals surface area contributed by atoms with Crippen LogP contribution in [0.5, 0.6) is 0 Å². The Hall–Kier alpha value is -1.93. The van der Waals surface area contributed by atoms with Gasteiger partial charge in [-0.15, -0.1) is 0 Å². The number of carboxylic acids is 1. The maximum Gasteiger partial charge on any atom is 0.308 e. The molecule has 7 nitrogen and oxygen atoms in total. The average molecular weight is 354 g/mol. The van der Waals surface area contributed by atoms with Crippen molar-refractivity contribution in [1.29, 1.82) is 0 Å². The normalized spacial score (nSPS) is 21.6. The summed E-state index contributed by atoms with van der Waals surface area (Å²) in [6, 6.07) is 5.64. The highest BCUT2D eigenvalue weighted by molar-refractivity contribution is 7.89. The first-order valence-electron chi connectivity index (χ1n) is 7.86. The number of hydrogen-bond acceptors (Lipinski definition) is 4. The number of amides is 1. The second kappa shape index (κ2) is 7.31. The van der Waals surface area contributed by atoms with Crippen LogP contribution in [0.4, 0.5) is 0 Å². The van der Waals surface area contributed by atoms with Gasteiger partial charge < -0.3 is 10.4 Å². The maximum absolute atomic E-state index is 12.7. The number of carbonyl (C=O) groups is 2. The molecule has 2 N–H and O–H groups in total. The van der Waals surface area contributed by atoms with Crippen molar-refractivity contribution >= 4 is 21.9 Å². The van der Waals surface area contributed by atoms with Crippen molar-refractivity contribution in [3.05, 3.63) is 29.8 Å². The lowest BCUT2D eigenvalue weighted by Gasteiger charge is -2.16. The van der Waals surface area contributed by atoms with Crippen molar-refractivity contribution in [3.8, 4) is 0 Å². The summed E-state index contributed by atoms with van der Waals surface area (Å²) >= 11 is 0. The van der Waals surface area contributed by atoms with E-state index in [1.54, 1.807) is 0 Å². The van der Waals surface area contributed by atoms with Crippen LogP contribution in [0.15, 0.2) is 29.2 Å². The Morgan fingerprint density at radius 1 is 1.25 bits per heavy atom. The van der Waals surface area contributed by atoms with E-state index in [1.807, 2.05) is 6.92 Å². The molecule has 8 heteroatoms. The Morgan fingerprint density at radius 3 is 2.38 bits per heavy atom. The minimum atomic E-state index is -3.77. The summed E-state index contributed by atoms with van der Waals surface area (Å²) in [7, 11) is -2.27. The molecule has 24 heavy (non-hydrogen) atoms. The maximum atomic E-state index is 12.7. The summed E-state index contributed by atoms with van der Waals surface area (Å²) in [5.74, 6) is -2.10. The van der Waals surface area contributed by atoms with Crippen molar-refractivity contribution < 1.29 is 23.1 Å². The fourth-order valence-electron chi connectivity index (χ4n) is 3.04. The van der Waals surface area contributed by atoms with Crippen LogP contribution in [0.25, 0.3) is 0 Å². The second-order valence-electron chi connectivity index (χ2n) is 5.92. The van der Waals surface area contributed by atoms with Crippen LogP contribution < -0.4 is 5.32 Å². The number of hydrogen-bond donors (Lipinski definition) is 2. The predicted molar refractivity (Wildman–Crippen MR) is 88.1 cm³/mol. The molecule has 1 amide bonds. The predicted octanol–water partition coefficient (Wildman–Crippen LogP) is 1.17. The Bertz CT molecular complexity index is 714. The largest absolute Gasteiger partial charge is 0.481 e. The van der Waals surface area contributed by atoms with Gasteiger partial charge in [-0.2, -0.15) is 4.31 Å². The van der Waals surface area contributed by atoms with Gasteiger partial charge in [0.1, 0.15) is 0 Å². The van der Waals surface area contributed by atoms with E-state index in [4.69, 9.17) is 0 Å². The summed E-state index contributed by atoms with van der Waals surface area (Å²) in [6.07, 6.45) is 1.49. The molecule has 0 bridgehead atoms. The Labute approximate surface area is 141 Å². The molecule has 2 atom stereocenters. The standard InChI is InChI=1S/C16H22N2O5S/c1-3-4-12-9-18(10-14(12)16(20)21)24(22,23)13-7-5-11(6-8-13)15(19)17-2/h5-8,12,14H,3-4,9-10H2,1-2H3,(H,17,19)(H,20,21)/t12-,14-/m1/s1. The third-order valence-electron chi connectivity index (χ3n) is 4.37. The van der Waals surface area contributed by atoms with E-state index < -0.39 is 21.9 Å². The molecule has 132 valence electrons. The molecule has 0 spiro atoms. The van der Waals surface area contributed by atoms with Gasteiger partial charge in [0.15, 0.2) is 0 Å². The van der Waals surface area contributed by atoms with E-state index in [0.717, 1.165) is 6.42 Å². The summed E-state index contributed by atoms with van der Waals surface area (Å²) in [6.45, 7) is 2.15. The molecular formula is C16H22N2O5S. The van der Waals surface area contributed by atoms with Crippen LogP contribution in [0.1, 0.15) is 30.1 Å². The van der Waals surface area contributed by atoms with Crippen molar-refractivity contribution in [2.24, 2.45) is 11.8 Å². The highest BCUT2D eigenvalue weighted by Gasteiger charge is 2.42. The van der Waals surface area contributed by atoms with Crippen LogP contribution >= 0.6 is 0 Å². The van der Waals surface area contributed by atoms with E-state index in [9.17, 15) is 23.1 Å². The SMILES string of the molecule is CCC[C@@H]1CN(S(=O)(=O)c2ccc(C(=O)NC)cc2)C[C@H]1C(=O)O. The number of sulfonamides is 1. The highest BCUT2D eigenvalue weighted by atomic mass is 32.2. The van der Waals surface area contributed by atoms with E-state index in [0.29, 0.717) is 12.0 Å². The van der Waals surface area contributed by atoms with Gasteiger partial charge in [0, 0.05) is 25.7 Å². The van der Waals surface area contributed by atoms with Gasteiger partial charge in [-0.05, 0) is 36.6 Å². The molecule has 1 aromatic carbocycles. The first-order valence-corrected chi connectivity index (χ1v) is 9.30. The smallest absolute Gasteiger partial charge is 0.308 e. The molecule has 1 aliphatic heterocycles. The molecule has 1 saturated heterocycles. The Kier molecular flexibility index (Phi) is 5.61. The molecule has 1 fully saturated rings. The third kappa shape index (κ3) is 3.59. The minimum absolute atomic E-state index is 0.0144. The number of carbonyl (C=O) groups excluding carboxylic acids is 1. The first-order chi connectivity index (χ1) is 11.3. The number of nitrogens with one attached hydrogen (secondary N) is 1. The average Bonchev–Trinajstić information content (AvgIpc) is 2.99. The van der Waals surface area contributed by atoms with Gasteiger partial charge in [0.25, 0.3) is 5.91 Å². The number of benzene rings is 1. The number of carboxylic acid groups (broad SMARTS) is 1. The van der Waals surface area contributed by atoms with Gasteiger partial charge >= 0.3 is 5.97 Å². The van der Waals surface area contributed by atoms with Crippen LogP contribution in [0.3, 0.4) is 0 Å².